The van der Waals surface area contributed by atoms with Gasteiger partial charge in [0, 0.05) is 6.54 Å². The fourth-order valence-corrected chi connectivity index (χ4v) is 1.85. The van der Waals surface area contributed by atoms with Crippen LogP contribution < -0.4 is 14.8 Å². The van der Waals surface area contributed by atoms with E-state index in [1.165, 1.54) is 20.3 Å². The second-order valence-corrected chi connectivity index (χ2v) is 4.28. The molecule has 0 amide bonds. The zero-order valence-corrected chi connectivity index (χ0v) is 12.1. The fourth-order valence-electron chi connectivity index (χ4n) is 1.85. The summed E-state index contributed by atoms with van der Waals surface area (Å²) in [7, 11) is 2.93. The summed E-state index contributed by atoms with van der Waals surface area (Å²) < 4.78 is 10.2. The summed E-state index contributed by atoms with van der Waals surface area (Å²) in [4.78, 5) is 23.5. The van der Waals surface area contributed by atoms with E-state index in [1.54, 1.807) is 18.2 Å². The quantitative estimate of drug-likeness (QED) is 0.530. The summed E-state index contributed by atoms with van der Waals surface area (Å²) in [6.45, 7) is 3.87. The molecule has 1 aromatic rings. The van der Waals surface area contributed by atoms with E-state index >= 15 is 0 Å². The minimum absolute atomic E-state index is 0.277. The number of hydrogen-bond donors (Lipinski definition) is 2. The van der Waals surface area contributed by atoms with Crippen molar-refractivity contribution in [2.24, 2.45) is 0 Å². The monoisotopic (exact) mass is 293 g/mol. The number of benzene rings is 1. The Balaban J connectivity index is 3.11. The van der Waals surface area contributed by atoms with Crippen molar-refractivity contribution in [1.29, 1.82) is 0 Å². The zero-order valence-electron chi connectivity index (χ0n) is 12.1. The highest BCUT2D eigenvalue weighted by Crippen LogP contribution is 2.25. The standard InChI is InChI=1S/C15H19NO5/c1-4-7-16-12(9-14(17)18)15(19)11-8-10(20-2)5-6-13(11)21-3/h4-6,8,12,16H,1,7,9H2,2-3H3,(H,17,18). The topological polar surface area (TPSA) is 84.9 Å². The highest BCUT2D eigenvalue weighted by molar-refractivity contribution is 6.04. The van der Waals surface area contributed by atoms with Gasteiger partial charge in [-0.05, 0) is 18.2 Å². The van der Waals surface area contributed by atoms with Crippen molar-refractivity contribution in [3.05, 3.63) is 36.4 Å². The average molecular weight is 293 g/mol. The lowest BCUT2D eigenvalue weighted by atomic mass is 10.00. The van der Waals surface area contributed by atoms with Crippen LogP contribution in [0.1, 0.15) is 16.8 Å². The van der Waals surface area contributed by atoms with Crippen LogP contribution >= 0.6 is 0 Å². The Bertz CT molecular complexity index is 527. The molecular weight excluding hydrogens is 274 g/mol. The summed E-state index contributed by atoms with van der Waals surface area (Å²) in [5, 5.41) is 11.8. The molecule has 0 aromatic heterocycles. The van der Waals surface area contributed by atoms with E-state index in [0.717, 1.165) is 0 Å². The van der Waals surface area contributed by atoms with Crippen molar-refractivity contribution < 1.29 is 24.2 Å². The Morgan fingerprint density at radius 3 is 2.62 bits per heavy atom. The Kier molecular flexibility index (Phi) is 6.42. The minimum atomic E-state index is -1.06. The van der Waals surface area contributed by atoms with Gasteiger partial charge in [0.15, 0.2) is 5.78 Å². The molecule has 6 heteroatoms. The summed E-state index contributed by atoms with van der Waals surface area (Å²) >= 11 is 0. The van der Waals surface area contributed by atoms with Crippen LogP contribution in [-0.2, 0) is 4.79 Å². The molecule has 114 valence electrons. The van der Waals surface area contributed by atoms with Crippen molar-refractivity contribution in [2.75, 3.05) is 20.8 Å². The van der Waals surface area contributed by atoms with Crippen molar-refractivity contribution in [2.45, 2.75) is 12.5 Å². The average Bonchev–Trinajstić information content (AvgIpc) is 2.49. The lowest BCUT2D eigenvalue weighted by molar-refractivity contribution is -0.137. The van der Waals surface area contributed by atoms with Gasteiger partial charge in [-0.1, -0.05) is 6.08 Å². The van der Waals surface area contributed by atoms with Crippen LogP contribution in [0.25, 0.3) is 0 Å². The third-order valence-electron chi connectivity index (χ3n) is 2.88. The number of methoxy groups -OCH3 is 2. The number of ketones is 1. The second-order valence-electron chi connectivity index (χ2n) is 4.28. The van der Waals surface area contributed by atoms with Gasteiger partial charge in [-0.15, -0.1) is 6.58 Å². The molecule has 0 aliphatic carbocycles. The smallest absolute Gasteiger partial charge is 0.305 e. The number of hydrogen-bond acceptors (Lipinski definition) is 5. The third-order valence-corrected chi connectivity index (χ3v) is 2.88. The lowest BCUT2D eigenvalue weighted by Crippen LogP contribution is -2.39. The van der Waals surface area contributed by atoms with Gasteiger partial charge < -0.3 is 19.9 Å². The van der Waals surface area contributed by atoms with Crippen LogP contribution in [0.2, 0.25) is 0 Å². The van der Waals surface area contributed by atoms with E-state index in [9.17, 15) is 9.59 Å². The molecule has 0 radical (unpaired) electrons. The number of Topliss-reactive ketones (excluding diaryl/α,β-unsaturated/α-hetero) is 1. The predicted molar refractivity (Wildman–Crippen MR) is 78.1 cm³/mol. The predicted octanol–water partition coefficient (Wildman–Crippen LogP) is 1.51. The summed E-state index contributed by atoms with van der Waals surface area (Å²) in [5.74, 6) is -0.560. The van der Waals surface area contributed by atoms with Crippen molar-refractivity contribution in [3.63, 3.8) is 0 Å². The molecule has 1 aromatic carbocycles. The molecular formula is C15H19NO5. The van der Waals surface area contributed by atoms with E-state index in [4.69, 9.17) is 14.6 Å². The van der Waals surface area contributed by atoms with Crippen LogP contribution in [0.5, 0.6) is 11.5 Å². The van der Waals surface area contributed by atoms with Crippen molar-refractivity contribution >= 4 is 11.8 Å². The number of aliphatic carboxylic acids is 1. The molecule has 6 nitrogen and oxygen atoms in total. The largest absolute Gasteiger partial charge is 0.497 e. The van der Waals surface area contributed by atoms with Gasteiger partial charge in [-0.25, -0.2) is 0 Å². The molecule has 0 aliphatic heterocycles. The summed E-state index contributed by atoms with van der Waals surface area (Å²) in [6, 6.07) is 3.95. The van der Waals surface area contributed by atoms with Crippen LogP contribution in [-0.4, -0.2) is 43.7 Å². The first-order chi connectivity index (χ1) is 10.0. The van der Waals surface area contributed by atoms with Crippen molar-refractivity contribution in [3.8, 4) is 11.5 Å². The molecule has 0 saturated heterocycles. The molecule has 0 spiro atoms. The molecule has 1 atom stereocenters. The van der Waals surface area contributed by atoms with Crippen LogP contribution in [0.15, 0.2) is 30.9 Å². The first-order valence-corrected chi connectivity index (χ1v) is 6.35. The van der Waals surface area contributed by atoms with E-state index in [0.29, 0.717) is 18.0 Å². The molecule has 1 unspecified atom stereocenters. The minimum Gasteiger partial charge on any atom is -0.497 e. The number of nitrogens with one attached hydrogen (secondary N) is 1. The Morgan fingerprint density at radius 1 is 1.38 bits per heavy atom. The number of carboxylic acids is 1. The molecule has 0 bridgehead atoms. The van der Waals surface area contributed by atoms with Gasteiger partial charge in [0.05, 0.1) is 32.2 Å². The van der Waals surface area contributed by atoms with E-state index < -0.39 is 12.0 Å². The van der Waals surface area contributed by atoms with Gasteiger partial charge in [0.2, 0.25) is 0 Å². The number of carbonyl (C=O) groups is 2. The number of ether oxygens (including phenoxy) is 2. The molecule has 0 saturated carbocycles. The zero-order chi connectivity index (χ0) is 15.8. The van der Waals surface area contributed by atoms with Gasteiger partial charge in [0.25, 0.3) is 0 Å². The fraction of sp³-hybridized carbons (Fsp3) is 0.333. The molecule has 0 heterocycles. The number of rotatable bonds is 9. The summed E-state index contributed by atoms with van der Waals surface area (Å²) in [5.41, 5.74) is 0.277. The van der Waals surface area contributed by atoms with Gasteiger partial charge in [-0.3, -0.25) is 9.59 Å². The maximum absolute atomic E-state index is 12.5. The van der Waals surface area contributed by atoms with Gasteiger partial charge in [0.1, 0.15) is 11.5 Å². The Labute approximate surface area is 123 Å². The normalized spacial score (nSPS) is 11.5. The second kappa shape index (κ2) is 8.06. The van der Waals surface area contributed by atoms with E-state index in [1.807, 2.05) is 0 Å². The maximum atomic E-state index is 12.5. The maximum Gasteiger partial charge on any atom is 0.305 e. The number of carbonyl (C=O) groups excluding carboxylic acids is 1. The third kappa shape index (κ3) is 4.61. The molecule has 0 fully saturated rings. The van der Waals surface area contributed by atoms with E-state index in [2.05, 4.69) is 11.9 Å². The Morgan fingerprint density at radius 2 is 2.10 bits per heavy atom. The van der Waals surface area contributed by atoms with Gasteiger partial charge in [-0.2, -0.15) is 0 Å². The first-order valence-electron chi connectivity index (χ1n) is 6.35. The van der Waals surface area contributed by atoms with Crippen LogP contribution in [0.3, 0.4) is 0 Å². The summed E-state index contributed by atoms with van der Waals surface area (Å²) in [6.07, 6.45) is 1.23. The van der Waals surface area contributed by atoms with Crippen LogP contribution in [0.4, 0.5) is 0 Å². The molecule has 0 aliphatic rings. The van der Waals surface area contributed by atoms with Crippen molar-refractivity contribution in [1.82, 2.24) is 5.32 Å². The highest BCUT2D eigenvalue weighted by atomic mass is 16.5. The molecule has 21 heavy (non-hydrogen) atoms. The number of carboxylic acid groups (broad SMARTS) is 1. The lowest BCUT2D eigenvalue weighted by Gasteiger charge is -2.17. The molecule has 2 N–H and O–H groups in total. The Hall–Kier alpha value is -2.34. The first kappa shape index (κ1) is 16.7. The van der Waals surface area contributed by atoms with E-state index in [-0.39, 0.29) is 17.8 Å². The highest BCUT2D eigenvalue weighted by Gasteiger charge is 2.25. The van der Waals surface area contributed by atoms with Gasteiger partial charge >= 0.3 is 5.97 Å². The SMILES string of the molecule is C=CCNC(CC(=O)O)C(=O)c1cc(OC)ccc1OC. The van der Waals surface area contributed by atoms with Crippen LogP contribution in [0, 0.1) is 0 Å². The molecule has 1 rings (SSSR count).